The van der Waals surface area contributed by atoms with Gasteiger partial charge in [-0.1, -0.05) is 323 Å². The Balaban J connectivity index is 4.32. The monoisotopic (exact) mass is 1140 g/mol. The third kappa shape index (κ3) is 67.1. The van der Waals surface area contributed by atoms with E-state index in [-0.39, 0.29) is 31.1 Å². The Hall–Kier alpha value is -3.67. The first-order chi connectivity index (χ1) is 40.5. The summed E-state index contributed by atoms with van der Waals surface area (Å²) in [6.45, 7) is 6.54. The molecule has 6 heteroatoms. The number of hydrogen-bond acceptors (Lipinski definition) is 6. The molecule has 0 aromatic heterocycles. The van der Waals surface area contributed by atoms with Crippen LogP contribution in [0, 0.1) is 0 Å². The van der Waals surface area contributed by atoms with Crippen LogP contribution in [-0.4, -0.2) is 37.2 Å². The van der Waals surface area contributed by atoms with E-state index < -0.39 is 6.10 Å². The summed E-state index contributed by atoms with van der Waals surface area (Å²) in [6.07, 6.45) is 94.2. The van der Waals surface area contributed by atoms with E-state index in [0.717, 1.165) is 109 Å². The molecule has 1 atom stereocenters. The van der Waals surface area contributed by atoms with Gasteiger partial charge in [-0.15, -0.1) is 0 Å². The highest BCUT2D eigenvalue weighted by Gasteiger charge is 2.19. The third-order valence-electron chi connectivity index (χ3n) is 15.3. The molecule has 0 heterocycles. The van der Waals surface area contributed by atoms with Crippen molar-refractivity contribution in [3.63, 3.8) is 0 Å². The summed E-state index contributed by atoms with van der Waals surface area (Å²) in [4.78, 5) is 38.5. The van der Waals surface area contributed by atoms with Crippen molar-refractivity contribution in [1.82, 2.24) is 0 Å². The Morgan fingerprint density at radius 1 is 0.256 bits per heavy atom. The summed E-state index contributed by atoms with van der Waals surface area (Å²) >= 11 is 0. The van der Waals surface area contributed by atoms with E-state index in [4.69, 9.17) is 14.2 Å². The number of hydrogen-bond donors (Lipinski definition) is 0. The molecule has 0 aliphatic rings. The maximum absolute atomic E-state index is 13.0. The Kier molecular flexibility index (Phi) is 66.7. The smallest absolute Gasteiger partial charge is 0.306 e. The van der Waals surface area contributed by atoms with Crippen LogP contribution in [0.4, 0.5) is 0 Å². The summed E-state index contributed by atoms with van der Waals surface area (Å²) in [5.74, 6) is -0.872. The van der Waals surface area contributed by atoms with Gasteiger partial charge in [0, 0.05) is 19.3 Å². The molecule has 0 saturated carbocycles. The lowest BCUT2D eigenvalue weighted by Gasteiger charge is -2.18. The van der Waals surface area contributed by atoms with Crippen LogP contribution in [0.15, 0.2) is 97.2 Å². The van der Waals surface area contributed by atoms with Crippen molar-refractivity contribution in [2.45, 2.75) is 354 Å². The summed E-state index contributed by atoms with van der Waals surface area (Å²) in [5.41, 5.74) is 0. The normalized spacial score (nSPS) is 12.7. The Morgan fingerprint density at radius 2 is 0.476 bits per heavy atom. The summed E-state index contributed by atoms with van der Waals surface area (Å²) in [7, 11) is 0. The van der Waals surface area contributed by atoms with Gasteiger partial charge in [-0.3, -0.25) is 14.4 Å². The lowest BCUT2D eigenvalue weighted by atomic mass is 10.0. The van der Waals surface area contributed by atoms with Gasteiger partial charge in [0.2, 0.25) is 0 Å². The molecule has 0 radical (unpaired) electrons. The summed E-state index contributed by atoms with van der Waals surface area (Å²) in [6, 6.07) is 0. The van der Waals surface area contributed by atoms with E-state index >= 15 is 0 Å². The van der Waals surface area contributed by atoms with Crippen molar-refractivity contribution in [2.75, 3.05) is 13.2 Å². The van der Waals surface area contributed by atoms with Gasteiger partial charge in [-0.05, 0) is 103 Å². The van der Waals surface area contributed by atoms with Crippen molar-refractivity contribution in [1.29, 1.82) is 0 Å². The Morgan fingerprint density at radius 3 is 0.768 bits per heavy atom. The first-order valence-electron chi connectivity index (χ1n) is 35.2. The molecule has 0 bridgehead atoms. The quantitative estimate of drug-likeness (QED) is 0.0261. The fourth-order valence-corrected chi connectivity index (χ4v) is 10.1. The average molecular weight is 1140 g/mol. The topological polar surface area (TPSA) is 78.9 Å². The van der Waals surface area contributed by atoms with E-state index in [1.54, 1.807) is 0 Å². The second kappa shape index (κ2) is 69.8. The molecule has 1 unspecified atom stereocenters. The molecule has 0 fully saturated rings. The van der Waals surface area contributed by atoms with Crippen molar-refractivity contribution < 1.29 is 28.6 Å². The number of ether oxygens (including phenoxy) is 3. The van der Waals surface area contributed by atoms with Gasteiger partial charge in [0.05, 0.1) is 0 Å². The average Bonchev–Trinajstić information content (AvgIpc) is 3.47. The molecule has 0 saturated heterocycles. The molecule has 472 valence electrons. The molecule has 0 aliphatic carbocycles. The maximum Gasteiger partial charge on any atom is 0.306 e. The molecule has 0 aliphatic heterocycles. The zero-order chi connectivity index (χ0) is 59.2. The summed E-state index contributed by atoms with van der Waals surface area (Å²) < 4.78 is 17.0. The highest BCUT2D eigenvalue weighted by atomic mass is 16.6. The van der Waals surface area contributed by atoms with Crippen LogP contribution in [0.3, 0.4) is 0 Å². The number of carbonyl (C=O) groups is 3. The minimum absolute atomic E-state index is 0.0790. The number of esters is 3. The zero-order valence-electron chi connectivity index (χ0n) is 54.2. The number of carbonyl (C=O) groups excluding carboxylic acids is 3. The second-order valence-electron chi connectivity index (χ2n) is 23.4. The van der Waals surface area contributed by atoms with E-state index in [1.165, 1.54) is 199 Å². The lowest BCUT2D eigenvalue weighted by Crippen LogP contribution is -2.30. The summed E-state index contributed by atoms with van der Waals surface area (Å²) in [5, 5.41) is 0. The SMILES string of the molecule is CC/C=C\C/C=C\C/C=C\C/C=C\C/C=C\C/C=C\CCCCCCCCCCCCC(=O)OCC(COC(=O)CCCCCCCCC/C=C\C/C=C\CCCCC)OC(=O)CCCCCCCCCCCCCCCCCCCC. The van der Waals surface area contributed by atoms with E-state index in [2.05, 4.69) is 118 Å². The highest BCUT2D eigenvalue weighted by molar-refractivity contribution is 5.71. The first kappa shape index (κ1) is 78.3. The third-order valence-corrected chi connectivity index (χ3v) is 15.3. The van der Waals surface area contributed by atoms with Crippen molar-refractivity contribution in [2.24, 2.45) is 0 Å². The van der Waals surface area contributed by atoms with Gasteiger partial charge in [0.25, 0.3) is 0 Å². The number of unbranched alkanes of at least 4 members (excludes halogenated alkanes) is 37. The molecule has 0 aromatic carbocycles. The van der Waals surface area contributed by atoms with Crippen LogP contribution in [0.25, 0.3) is 0 Å². The molecule has 82 heavy (non-hydrogen) atoms. The minimum atomic E-state index is -0.783. The van der Waals surface area contributed by atoms with Crippen molar-refractivity contribution in [3.05, 3.63) is 97.2 Å². The van der Waals surface area contributed by atoms with Crippen LogP contribution < -0.4 is 0 Å². The van der Waals surface area contributed by atoms with Crippen LogP contribution in [0.5, 0.6) is 0 Å². The Labute approximate surface area is 508 Å². The predicted octanol–water partition coefficient (Wildman–Crippen LogP) is 24.4. The molecule has 0 aromatic rings. The van der Waals surface area contributed by atoms with Crippen LogP contribution in [-0.2, 0) is 28.6 Å². The molecule has 0 spiro atoms. The zero-order valence-corrected chi connectivity index (χ0v) is 54.2. The Bertz CT molecular complexity index is 1590. The van der Waals surface area contributed by atoms with Crippen molar-refractivity contribution in [3.8, 4) is 0 Å². The van der Waals surface area contributed by atoms with Crippen molar-refractivity contribution >= 4 is 17.9 Å². The fraction of sp³-hybridized carbons (Fsp3) is 0.750. The van der Waals surface area contributed by atoms with Gasteiger partial charge < -0.3 is 14.2 Å². The standard InChI is InChI=1S/C76H132O6/c1-4-7-10-13-16-19-22-25-28-31-33-34-35-36-37-38-39-40-41-42-43-46-48-51-54-57-60-63-66-69-75(78)81-72-73(71-80-74(77)68-65-62-59-56-53-50-47-44-30-27-24-21-18-15-12-9-6-3)82-76(79)70-67-64-61-58-55-52-49-45-32-29-26-23-20-17-14-11-8-5-2/h7,10,16,18-19,21,25,27-28,30,33-34,36-37,39-40,73H,4-6,8-9,11-15,17,20,22-24,26,29,31-32,35,38,41-72H2,1-3H3/b10-7-,19-16-,21-18-,28-25-,30-27-,34-33-,37-36-,40-39-. The van der Waals surface area contributed by atoms with E-state index in [9.17, 15) is 14.4 Å². The van der Waals surface area contributed by atoms with Gasteiger partial charge in [0.15, 0.2) is 6.10 Å². The molecular weight excluding hydrogens is 1010 g/mol. The molecule has 6 nitrogen and oxygen atoms in total. The lowest BCUT2D eigenvalue weighted by molar-refractivity contribution is -0.167. The van der Waals surface area contributed by atoms with Crippen LogP contribution in [0.1, 0.15) is 348 Å². The predicted molar refractivity (Wildman–Crippen MR) is 357 cm³/mol. The highest BCUT2D eigenvalue weighted by Crippen LogP contribution is 2.17. The van der Waals surface area contributed by atoms with Gasteiger partial charge in [-0.2, -0.15) is 0 Å². The molecule has 0 amide bonds. The molecular formula is C76H132O6. The largest absolute Gasteiger partial charge is 0.462 e. The number of allylic oxidation sites excluding steroid dienone is 16. The fourth-order valence-electron chi connectivity index (χ4n) is 10.1. The van der Waals surface area contributed by atoms with Crippen LogP contribution in [0.2, 0.25) is 0 Å². The number of rotatable bonds is 64. The first-order valence-corrected chi connectivity index (χ1v) is 35.2. The van der Waals surface area contributed by atoms with Gasteiger partial charge in [-0.25, -0.2) is 0 Å². The van der Waals surface area contributed by atoms with Crippen LogP contribution >= 0.6 is 0 Å². The van der Waals surface area contributed by atoms with E-state index in [1.807, 2.05) is 0 Å². The van der Waals surface area contributed by atoms with E-state index in [0.29, 0.717) is 19.3 Å². The molecule has 0 N–H and O–H groups in total. The van der Waals surface area contributed by atoms with Gasteiger partial charge >= 0.3 is 17.9 Å². The maximum atomic E-state index is 13.0. The van der Waals surface area contributed by atoms with Gasteiger partial charge in [0.1, 0.15) is 13.2 Å². The second-order valence-corrected chi connectivity index (χ2v) is 23.4. The molecule has 0 rings (SSSR count). The minimum Gasteiger partial charge on any atom is -0.462 e.